The van der Waals surface area contributed by atoms with Crippen molar-refractivity contribution in [2.75, 3.05) is 12.3 Å². The molecule has 0 aliphatic rings. The maximum absolute atomic E-state index is 3.69. The zero-order chi connectivity index (χ0) is 22.8. The number of hydrogen-bond donors (Lipinski definition) is 0. The van der Waals surface area contributed by atoms with E-state index < -0.39 is 5.51 Å². The Bertz CT molecular complexity index is 1050. The Morgan fingerprint density at radius 2 is 0.879 bits per heavy atom. The third kappa shape index (κ3) is 6.65. The van der Waals surface area contributed by atoms with Gasteiger partial charge in [0, 0.05) is 0 Å². The van der Waals surface area contributed by atoms with Gasteiger partial charge in [0.15, 0.2) is 0 Å². The van der Waals surface area contributed by atoms with Crippen molar-refractivity contribution in [2.45, 2.75) is 25.7 Å². The Labute approximate surface area is 208 Å². The molecular formula is C30H32P2Se. The molecular weight excluding hydrogens is 501 g/mol. The molecule has 33 heavy (non-hydrogen) atoms. The van der Waals surface area contributed by atoms with Crippen LogP contribution in [0, 0.1) is 0 Å². The van der Waals surface area contributed by atoms with Crippen LogP contribution in [0.2, 0.25) is 0 Å². The van der Waals surface area contributed by atoms with E-state index in [1.54, 1.807) is 0 Å². The standard InChI is InChI=1S/C30H32P2Se/c33-32(29-21-11-5-12-22-29,30-23-13-6-14-24-30)26-16-2-1-15-25-31(27-17-7-3-8-18-27)28-19-9-4-10-20-28/h3-14,17-24H,1-2,15-16,25-26H2. The quantitative estimate of drug-likeness (QED) is 0.118. The first kappa shape index (κ1) is 24.4. The van der Waals surface area contributed by atoms with E-state index in [0.29, 0.717) is 0 Å². The Hall–Kier alpha value is -1.74. The van der Waals surface area contributed by atoms with Gasteiger partial charge >= 0.3 is 209 Å². The average molecular weight is 533 g/mol. The minimum atomic E-state index is -1.46. The predicted molar refractivity (Wildman–Crippen MR) is 152 cm³/mol. The van der Waals surface area contributed by atoms with E-state index in [9.17, 15) is 0 Å². The zero-order valence-corrected chi connectivity index (χ0v) is 22.6. The Morgan fingerprint density at radius 1 is 0.485 bits per heavy atom. The molecule has 0 unspecified atom stereocenters. The maximum atomic E-state index is 3.69. The van der Waals surface area contributed by atoms with Crippen molar-refractivity contribution in [2.24, 2.45) is 0 Å². The SMILES string of the molecule is [Se]=P(CCCCCCP(c1ccccc1)c1ccccc1)(c1ccccc1)c1ccccc1. The fourth-order valence-corrected chi connectivity index (χ4v) is 11.9. The number of benzene rings is 4. The summed E-state index contributed by atoms with van der Waals surface area (Å²) in [5.41, 5.74) is -1.46. The first-order valence-electron chi connectivity index (χ1n) is 11.9. The summed E-state index contributed by atoms with van der Waals surface area (Å²) in [6.07, 6.45) is 7.70. The van der Waals surface area contributed by atoms with Crippen LogP contribution in [0.4, 0.5) is 0 Å². The molecule has 0 atom stereocenters. The molecule has 4 aromatic rings. The van der Waals surface area contributed by atoms with E-state index in [4.69, 9.17) is 0 Å². The Kier molecular flexibility index (Phi) is 9.35. The molecule has 0 N–H and O–H groups in total. The van der Waals surface area contributed by atoms with Crippen LogP contribution in [-0.2, 0) is 0 Å². The van der Waals surface area contributed by atoms with E-state index in [0.717, 1.165) is 0 Å². The third-order valence-corrected chi connectivity index (χ3v) is 15.7. The molecule has 0 saturated carbocycles. The molecule has 0 amide bonds. The summed E-state index contributed by atoms with van der Waals surface area (Å²) in [4.78, 5) is 0. The van der Waals surface area contributed by atoms with Crippen LogP contribution >= 0.6 is 13.4 Å². The van der Waals surface area contributed by atoms with Gasteiger partial charge in [-0.25, -0.2) is 0 Å². The van der Waals surface area contributed by atoms with Crippen LogP contribution in [0.1, 0.15) is 25.7 Å². The summed E-state index contributed by atoms with van der Waals surface area (Å²) in [5.74, 6) is 0. The molecule has 4 aromatic carbocycles. The molecule has 0 spiro atoms. The molecule has 0 heterocycles. The van der Waals surface area contributed by atoms with Crippen LogP contribution in [0.5, 0.6) is 0 Å². The summed E-state index contributed by atoms with van der Waals surface area (Å²) in [7, 11) is -0.266. The molecule has 168 valence electrons. The fourth-order valence-electron chi connectivity index (χ4n) is 4.33. The predicted octanol–water partition coefficient (Wildman–Crippen LogP) is 6.43. The van der Waals surface area contributed by atoms with Crippen molar-refractivity contribution in [3.8, 4) is 0 Å². The van der Waals surface area contributed by atoms with Gasteiger partial charge in [-0.1, -0.05) is 0 Å². The van der Waals surface area contributed by atoms with E-state index in [2.05, 4.69) is 136 Å². The number of rotatable bonds is 11. The van der Waals surface area contributed by atoms with Crippen molar-refractivity contribution in [3.05, 3.63) is 121 Å². The van der Waals surface area contributed by atoms with E-state index in [1.165, 1.54) is 59.2 Å². The molecule has 0 saturated heterocycles. The molecule has 0 bridgehead atoms. The second-order valence-corrected chi connectivity index (χ2v) is 17.6. The van der Waals surface area contributed by atoms with Crippen molar-refractivity contribution in [1.82, 2.24) is 0 Å². The number of hydrogen-bond acceptors (Lipinski definition) is 0. The Balaban J connectivity index is 1.35. The van der Waals surface area contributed by atoms with E-state index in [1.807, 2.05) is 0 Å². The number of unbranched alkanes of at least 4 members (excludes halogenated alkanes) is 3. The van der Waals surface area contributed by atoms with Crippen LogP contribution in [-0.4, -0.2) is 27.4 Å². The van der Waals surface area contributed by atoms with Gasteiger partial charge in [0.1, 0.15) is 0 Å². The normalized spacial score (nSPS) is 11.5. The van der Waals surface area contributed by atoms with Crippen LogP contribution in [0.25, 0.3) is 0 Å². The molecule has 3 heteroatoms. The molecule has 0 fully saturated rings. The second kappa shape index (κ2) is 12.6. The van der Waals surface area contributed by atoms with E-state index in [-0.39, 0.29) is 7.92 Å². The summed E-state index contributed by atoms with van der Waals surface area (Å²) < 4.78 is 0. The summed E-state index contributed by atoms with van der Waals surface area (Å²) in [6, 6.07) is 44.4. The molecule has 0 aliphatic carbocycles. The van der Waals surface area contributed by atoms with Gasteiger partial charge in [-0.3, -0.25) is 0 Å². The monoisotopic (exact) mass is 534 g/mol. The fraction of sp³-hybridized carbons (Fsp3) is 0.200. The van der Waals surface area contributed by atoms with Gasteiger partial charge in [0.05, 0.1) is 0 Å². The summed E-state index contributed by atoms with van der Waals surface area (Å²) >= 11 is 3.69. The van der Waals surface area contributed by atoms with Gasteiger partial charge in [0.25, 0.3) is 0 Å². The van der Waals surface area contributed by atoms with Crippen molar-refractivity contribution in [1.29, 1.82) is 0 Å². The van der Waals surface area contributed by atoms with Gasteiger partial charge < -0.3 is 0 Å². The van der Waals surface area contributed by atoms with Gasteiger partial charge in [-0.05, 0) is 0 Å². The zero-order valence-electron chi connectivity index (χ0n) is 19.1. The average Bonchev–Trinajstić information content (AvgIpc) is 2.90. The topological polar surface area (TPSA) is 0 Å². The molecule has 0 aliphatic heterocycles. The van der Waals surface area contributed by atoms with Crippen molar-refractivity contribution < 1.29 is 0 Å². The van der Waals surface area contributed by atoms with Gasteiger partial charge in [-0.15, -0.1) is 0 Å². The van der Waals surface area contributed by atoms with Crippen molar-refractivity contribution >= 4 is 49.7 Å². The summed E-state index contributed by atoms with van der Waals surface area (Å²) in [6.45, 7) is 0. The minimum absolute atomic E-state index is 0.266. The first-order valence-corrected chi connectivity index (χ1v) is 17.6. The Morgan fingerprint density at radius 3 is 1.33 bits per heavy atom. The molecule has 0 radical (unpaired) electrons. The van der Waals surface area contributed by atoms with Crippen molar-refractivity contribution in [3.63, 3.8) is 0 Å². The molecule has 4 rings (SSSR count). The van der Waals surface area contributed by atoms with Crippen LogP contribution in [0.3, 0.4) is 0 Å². The van der Waals surface area contributed by atoms with Crippen LogP contribution < -0.4 is 21.2 Å². The van der Waals surface area contributed by atoms with Gasteiger partial charge in [0.2, 0.25) is 0 Å². The first-order chi connectivity index (χ1) is 16.3. The summed E-state index contributed by atoms with van der Waals surface area (Å²) in [5, 5.41) is 5.96. The second-order valence-electron chi connectivity index (χ2n) is 8.37. The van der Waals surface area contributed by atoms with Crippen LogP contribution in [0.15, 0.2) is 121 Å². The third-order valence-electron chi connectivity index (χ3n) is 6.09. The van der Waals surface area contributed by atoms with E-state index >= 15 is 0 Å². The van der Waals surface area contributed by atoms with Gasteiger partial charge in [-0.2, -0.15) is 0 Å². The molecule has 0 aromatic heterocycles. The molecule has 0 nitrogen and oxygen atoms in total.